The summed E-state index contributed by atoms with van der Waals surface area (Å²) in [5.41, 5.74) is 0.923. The summed E-state index contributed by atoms with van der Waals surface area (Å²) < 4.78 is 4.89. The largest absolute Gasteiger partial charge is 0.361 e. The van der Waals surface area contributed by atoms with Crippen LogP contribution in [0.4, 0.5) is 0 Å². The lowest BCUT2D eigenvalue weighted by Gasteiger charge is -2.06. The van der Waals surface area contributed by atoms with Crippen LogP contribution in [0.1, 0.15) is 16.7 Å². The maximum Gasteiger partial charge on any atom is 0.156 e. The van der Waals surface area contributed by atoms with Gasteiger partial charge in [0.1, 0.15) is 0 Å². The molecule has 0 aliphatic carbocycles. The van der Waals surface area contributed by atoms with Crippen LogP contribution in [0.15, 0.2) is 24.3 Å². The number of methoxy groups -OCH3 is 1. The zero-order valence-corrected chi connectivity index (χ0v) is 7.38. The van der Waals surface area contributed by atoms with E-state index in [1.807, 2.05) is 12.1 Å². The van der Waals surface area contributed by atoms with Gasteiger partial charge in [0, 0.05) is 7.11 Å². The van der Waals surface area contributed by atoms with Crippen LogP contribution in [-0.2, 0) is 4.74 Å². The lowest BCUT2D eigenvalue weighted by molar-refractivity contribution is 0.170. The van der Waals surface area contributed by atoms with E-state index in [4.69, 9.17) is 21.6 Å². The molecule has 0 amide bonds. The van der Waals surface area contributed by atoms with Gasteiger partial charge < -0.3 is 4.74 Å². The van der Waals surface area contributed by atoms with Crippen LogP contribution in [0.3, 0.4) is 0 Å². The molecular weight excluding hydrogens is 174 g/mol. The van der Waals surface area contributed by atoms with Crippen molar-refractivity contribution < 1.29 is 4.74 Å². The van der Waals surface area contributed by atoms with Gasteiger partial charge in [0.25, 0.3) is 0 Å². The van der Waals surface area contributed by atoms with E-state index in [0.717, 1.165) is 5.56 Å². The Labute approximate surface area is 76.3 Å². The molecule has 1 atom stereocenters. The minimum Gasteiger partial charge on any atom is -0.361 e. The predicted octanol–water partition coefficient (Wildman–Crippen LogP) is 2.44. The highest BCUT2D eigenvalue weighted by atomic mass is 35.5. The number of halogens is 1. The molecule has 0 saturated heterocycles. The molecule has 0 aliphatic heterocycles. The van der Waals surface area contributed by atoms with Crippen LogP contribution in [0, 0.1) is 11.3 Å². The van der Waals surface area contributed by atoms with Crippen molar-refractivity contribution in [3.63, 3.8) is 0 Å². The first-order valence-electron chi connectivity index (χ1n) is 3.45. The van der Waals surface area contributed by atoms with Gasteiger partial charge in [0.05, 0.1) is 11.6 Å². The average molecular weight is 182 g/mol. The number of ether oxygens (including phenoxy) is 1. The number of alkyl halides is 1. The summed E-state index contributed by atoms with van der Waals surface area (Å²) in [5, 5.41) is 8.58. The third-order valence-electron chi connectivity index (χ3n) is 1.48. The van der Waals surface area contributed by atoms with E-state index in [0.29, 0.717) is 5.56 Å². The molecule has 0 bridgehead atoms. The summed E-state index contributed by atoms with van der Waals surface area (Å²) in [7, 11) is 1.52. The first kappa shape index (κ1) is 9.05. The van der Waals surface area contributed by atoms with Gasteiger partial charge in [-0.1, -0.05) is 23.7 Å². The van der Waals surface area contributed by atoms with Crippen LogP contribution in [0.2, 0.25) is 0 Å². The van der Waals surface area contributed by atoms with Crippen molar-refractivity contribution in [1.29, 1.82) is 5.26 Å². The molecule has 2 nitrogen and oxygen atoms in total. The normalized spacial score (nSPS) is 12.1. The first-order valence-corrected chi connectivity index (χ1v) is 3.88. The quantitative estimate of drug-likeness (QED) is 0.657. The van der Waals surface area contributed by atoms with Crippen molar-refractivity contribution in [2.75, 3.05) is 7.11 Å². The molecule has 1 rings (SSSR count). The van der Waals surface area contributed by atoms with Crippen LogP contribution in [0.5, 0.6) is 0 Å². The van der Waals surface area contributed by atoms with E-state index in [1.54, 1.807) is 18.2 Å². The van der Waals surface area contributed by atoms with Crippen molar-refractivity contribution in [3.8, 4) is 6.07 Å². The van der Waals surface area contributed by atoms with Crippen LogP contribution in [-0.4, -0.2) is 7.11 Å². The number of hydrogen-bond acceptors (Lipinski definition) is 2. The molecule has 0 saturated carbocycles. The molecule has 62 valence electrons. The smallest absolute Gasteiger partial charge is 0.156 e. The molecule has 1 aromatic carbocycles. The lowest BCUT2D eigenvalue weighted by Crippen LogP contribution is -1.92. The molecule has 0 heterocycles. The third-order valence-corrected chi connectivity index (χ3v) is 1.91. The van der Waals surface area contributed by atoms with Gasteiger partial charge in [-0.2, -0.15) is 5.26 Å². The summed E-state index contributed by atoms with van der Waals surface area (Å²) in [6, 6.07) is 9.07. The van der Waals surface area contributed by atoms with Gasteiger partial charge in [0.2, 0.25) is 0 Å². The summed E-state index contributed by atoms with van der Waals surface area (Å²) in [4.78, 5) is 0. The zero-order valence-electron chi connectivity index (χ0n) is 6.62. The van der Waals surface area contributed by atoms with E-state index in [9.17, 15) is 0 Å². The highest BCUT2D eigenvalue weighted by molar-refractivity contribution is 6.19. The fourth-order valence-electron chi connectivity index (χ4n) is 0.885. The van der Waals surface area contributed by atoms with E-state index in [1.165, 1.54) is 7.11 Å². The SMILES string of the molecule is COC(Cl)c1cccc(C#N)c1. The standard InChI is InChI=1S/C9H8ClNO/c1-12-9(10)8-4-2-3-7(5-8)6-11/h2-5,9H,1H3. The molecule has 0 aromatic heterocycles. The molecule has 0 N–H and O–H groups in total. The predicted molar refractivity (Wildman–Crippen MR) is 46.8 cm³/mol. The highest BCUT2D eigenvalue weighted by Crippen LogP contribution is 2.20. The maximum atomic E-state index is 8.58. The summed E-state index contributed by atoms with van der Waals surface area (Å²) >= 11 is 5.79. The number of hydrogen-bond donors (Lipinski definition) is 0. The minimum absolute atomic E-state index is 0.474. The van der Waals surface area contributed by atoms with Crippen molar-refractivity contribution in [2.24, 2.45) is 0 Å². The molecule has 0 fully saturated rings. The van der Waals surface area contributed by atoms with Gasteiger partial charge in [-0.05, 0) is 17.7 Å². The molecule has 1 unspecified atom stereocenters. The third kappa shape index (κ3) is 1.97. The van der Waals surface area contributed by atoms with Crippen molar-refractivity contribution in [3.05, 3.63) is 35.4 Å². The molecule has 1 aromatic rings. The van der Waals surface area contributed by atoms with Gasteiger partial charge in [-0.3, -0.25) is 0 Å². The van der Waals surface area contributed by atoms with E-state index in [2.05, 4.69) is 0 Å². The van der Waals surface area contributed by atoms with Gasteiger partial charge >= 0.3 is 0 Å². The Morgan fingerprint density at radius 3 is 2.92 bits per heavy atom. The first-order chi connectivity index (χ1) is 5.77. The van der Waals surface area contributed by atoms with E-state index in [-0.39, 0.29) is 0 Å². The Morgan fingerprint density at radius 2 is 2.33 bits per heavy atom. The second-order valence-electron chi connectivity index (χ2n) is 2.29. The monoisotopic (exact) mass is 181 g/mol. The lowest BCUT2D eigenvalue weighted by atomic mass is 10.1. The summed E-state index contributed by atoms with van der Waals surface area (Å²) in [5.74, 6) is 0. The molecular formula is C9H8ClNO. The average Bonchev–Trinajstić information content (AvgIpc) is 2.17. The second kappa shape index (κ2) is 4.10. The van der Waals surface area contributed by atoms with E-state index < -0.39 is 5.56 Å². The fraction of sp³-hybridized carbons (Fsp3) is 0.222. The highest BCUT2D eigenvalue weighted by Gasteiger charge is 2.05. The maximum absolute atomic E-state index is 8.58. The van der Waals surface area contributed by atoms with Crippen molar-refractivity contribution >= 4 is 11.6 Å². The van der Waals surface area contributed by atoms with Crippen molar-refractivity contribution in [2.45, 2.75) is 5.56 Å². The zero-order chi connectivity index (χ0) is 8.97. The summed E-state index contributed by atoms with van der Waals surface area (Å²) in [6.07, 6.45) is 0. The van der Waals surface area contributed by atoms with Crippen molar-refractivity contribution in [1.82, 2.24) is 0 Å². The summed E-state index contributed by atoms with van der Waals surface area (Å²) in [6.45, 7) is 0. The van der Waals surface area contributed by atoms with Gasteiger partial charge in [-0.15, -0.1) is 0 Å². The minimum atomic E-state index is -0.474. The van der Waals surface area contributed by atoms with Crippen LogP contribution in [0.25, 0.3) is 0 Å². The number of benzene rings is 1. The Kier molecular flexibility index (Phi) is 3.09. The van der Waals surface area contributed by atoms with Crippen LogP contribution >= 0.6 is 11.6 Å². The Hall–Kier alpha value is -1.04. The Morgan fingerprint density at radius 1 is 1.58 bits per heavy atom. The fourth-order valence-corrected chi connectivity index (χ4v) is 1.02. The molecule has 3 heteroatoms. The molecule has 0 radical (unpaired) electrons. The number of nitrogens with zero attached hydrogens (tertiary/aromatic N) is 1. The second-order valence-corrected chi connectivity index (χ2v) is 2.69. The molecule has 12 heavy (non-hydrogen) atoms. The Balaban J connectivity index is 2.95. The number of rotatable bonds is 2. The Bertz CT molecular complexity index is 306. The van der Waals surface area contributed by atoms with Crippen LogP contribution < -0.4 is 0 Å². The van der Waals surface area contributed by atoms with E-state index >= 15 is 0 Å². The number of nitriles is 1. The van der Waals surface area contributed by atoms with Gasteiger partial charge in [0.15, 0.2) is 5.56 Å². The molecule has 0 spiro atoms. The van der Waals surface area contributed by atoms with Gasteiger partial charge in [-0.25, -0.2) is 0 Å². The topological polar surface area (TPSA) is 33.0 Å². The molecule has 0 aliphatic rings.